The summed E-state index contributed by atoms with van der Waals surface area (Å²) in [5, 5.41) is 2.89. The number of carbonyl (C=O) groups excluding carboxylic acids is 3. The van der Waals surface area contributed by atoms with Crippen molar-refractivity contribution in [2.24, 2.45) is 11.3 Å². The number of nitrogens with one attached hydrogen (secondary N) is 1. The molecular weight excluding hydrogens is 356 g/mol. The van der Waals surface area contributed by atoms with Crippen molar-refractivity contribution in [3.8, 4) is 5.75 Å². The number of rotatable bonds is 3. The number of benzene rings is 1. The summed E-state index contributed by atoms with van der Waals surface area (Å²) >= 11 is 0. The van der Waals surface area contributed by atoms with Gasteiger partial charge < -0.3 is 10.1 Å². The fourth-order valence-electron chi connectivity index (χ4n) is 5.01. The number of hydrogen-bond donors (Lipinski definition) is 1. The summed E-state index contributed by atoms with van der Waals surface area (Å²) in [6.45, 7) is 11.6. The molecule has 1 aromatic carbocycles. The van der Waals surface area contributed by atoms with Crippen molar-refractivity contribution in [2.45, 2.75) is 66.3 Å². The monoisotopic (exact) mass is 386 g/mol. The van der Waals surface area contributed by atoms with Gasteiger partial charge >= 0.3 is 12.0 Å². The lowest BCUT2D eigenvalue weighted by Crippen LogP contribution is -2.54. The molecular formula is C22H30N2O4. The van der Waals surface area contributed by atoms with Crippen molar-refractivity contribution in [1.29, 1.82) is 0 Å². The van der Waals surface area contributed by atoms with Gasteiger partial charge in [-0.3, -0.25) is 9.69 Å². The van der Waals surface area contributed by atoms with Crippen LogP contribution in [0.25, 0.3) is 0 Å². The molecule has 2 aliphatic rings. The average Bonchev–Trinajstić information content (AvgIpc) is 2.77. The minimum absolute atomic E-state index is 0.0487. The Morgan fingerprint density at radius 2 is 1.82 bits per heavy atom. The number of aryl methyl sites for hydroxylation is 2. The van der Waals surface area contributed by atoms with E-state index >= 15 is 0 Å². The van der Waals surface area contributed by atoms with Gasteiger partial charge in [-0.25, -0.2) is 9.59 Å². The molecule has 3 amide bonds. The van der Waals surface area contributed by atoms with Gasteiger partial charge in [-0.1, -0.05) is 32.9 Å². The van der Waals surface area contributed by atoms with Gasteiger partial charge in [-0.15, -0.1) is 0 Å². The molecule has 2 fully saturated rings. The van der Waals surface area contributed by atoms with Crippen LogP contribution in [0.1, 0.15) is 56.7 Å². The Morgan fingerprint density at radius 1 is 1.18 bits per heavy atom. The Kier molecular flexibility index (Phi) is 5.02. The van der Waals surface area contributed by atoms with Gasteiger partial charge in [0.2, 0.25) is 0 Å². The van der Waals surface area contributed by atoms with Crippen LogP contribution in [-0.4, -0.2) is 34.9 Å². The van der Waals surface area contributed by atoms with Gasteiger partial charge in [0.1, 0.15) is 17.8 Å². The van der Waals surface area contributed by atoms with E-state index < -0.39 is 17.5 Å². The summed E-state index contributed by atoms with van der Waals surface area (Å²) < 4.78 is 5.54. The lowest BCUT2D eigenvalue weighted by atomic mass is 9.64. The van der Waals surface area contributed by atoms with E-state index in [0.717, 1.165) is 28.0 Å². The first-order valence-electron chi connectivity index (χ1n) is 9.86. The van der Waals surface area contributed by atoms with Crippen molar-refractivity contribution in [3.63, 3.8) is 0 Å². The summed E-state index contributed by atoms with van der Waals surface area (Å²) in [6, 6.07) is 3.35. The minimum Gasteiger partial charge on any atom is -0.425 e. The number of ether oxygens (including phenoxy) is 1. The number of esters is 1. The average molecular weight is 386 g/mol. The fourth-order valence-corrected chi connectivity index (χ4v) is 5.01. The largest absolute Gasteiger partial charge is 0.425 e. The van der Waals surface area contributed by atoms with E-state index in [4.69, 9.17) is 4.74 Å². The predicted octanol–water partition coefficient (Wildman–Crippen LogP) is 3.65. The maximum Gasteiger partial charge on any atom is 0.331 e. The predicted molar refractivity (Wildman–Crippen MR) is 106 cm³/mol. The molecule has 152 valence electrons. The van der Waals surface area contributed by atoms with Gasteiger partial charge in [-0.05, 0) is 68.1 Å². The molecule has 3 rings (SSSR count). The number of amides is 3. The van der Waals surface area contributed by atoms with E-state index in [1.165, 1.54) is 0 Å². The number of hydrogen-bond acceptors (Lipinski definition) is 4. The van der Waals surface area contributed by atoms with Crippen molar-refractivity contribution in [1.82, 2.24) is 10.2 Å². The third-order valence-electron chi connectivity index (χ3n) is 6.00. The highest BCUT2D eigenvalue weighted by Gasteiger charge is 2.56. The minimum atomic E-state index is -0.909. The SMILES string of the molecule is Cc1ccc(C)c(OC(=O)CN2C(=O)NC3(CC(C)CC(C)(C)C3)C2=O)c1C. The first-order chi connectivity index (χ1) is 12.9. The molecule has 2 unspecified atom stereocenters. The second-order valence-electron chi connectivity index (χ2n) is 9.39. The quantitative estimate of drug-likeness (QED) is 0.489. The van der Waals surface area contributed by atoms with E-state index in [9.17, 15) is 14.4 Å². The van der Waals surface area contributed by atoms with Crippen molar-refractivity contribution < 1.29 is 19.1 Å². The highest BCUT2D eigenvalue weighted by Crippen LogP contribution is 2.46. The van der Waals surface area contributed by atoms with Gasteiger partial charge in [0, 0.05) is 0 Å². The van der Waals surface area contributed by atoms with Crippen LogP contribution in [0.4, 0.5) is 4.79 Å². The summed E-state index contributed by atoms with van der Waals surface area (Å²) in [5.74, 6) is -0.107. The second-order valence-corrected chi connectivity index (χ2v) is 9.39. The Labute approximate surface area is 166 Å². The van der Waals surface area contributed by atoms with Crippen LogP contribution in [0.5, 0.6) is 5.75 Å². The standard InChI is InChI=1S/C22H30N2O4/c1-13-9-21(5,6)12-22(10-13)19(26)24(20(27)23-22)11-17(25)28-18-15(3)8-7-14(2)16(18)4/h7-8,13H,9-12H2,1-6H3,(H,23,27). The van der Waals surface area contributed by atoms with Crippen molar-refractivity contribution >= 4 is 17.9 Å². The van der Waals surface area contributed by atoms with Crippen molar-refractivity contribution in [2.75, 3.05) is 6.54 Å². The van der Waals surface area contributed by atoms with Crippen LogP contribution in [0.3, 0.4) is 0 Å². The Bertz CT molecular complexity index is 845. The van der Waals surface area contributed by atoms with Crippen molar-refractivity contribution in [3.05, 3.63) is 28.8 Å². The normalized spacial score (nSPS) is 26.5. The summed E-state index contributed by atoms with van der Waals surface area (Å²) in [5.41, 5.74) is 1.78. The maximum atomic E-state index is 13.1. The molecule has 1 saturated heterocycles. The molecule has 2 atom stereocenters. The topological polar surface area (TPSA) is 75.7 Å². The van der Waals surface area contributed by atoms with Gasteiger partial charge in [0.15, 0.2) is 0 Å². The third-order valence-corrected chi connectivity index (χ3v) is 6.00. The molecule has 0 aromatic heterocycles. The molecule has 1 heterocycles. The Hall–Kier alpha value is -2.37. The lowest BCUT2D eigenvalue weighted by Gasteiger charge is -2.43. The van der Waals surface area contributed by atoms with E-state index in [1.807, 2.05) is 32.9 Å². The van der Waals surface area contributed by atoms with E-state index in [0.29, 0.717) is 24.5 Å². The van der Waals surface area contributed by atoms with Gasteiger partial charge in [0.25, 0.3) is 5.91 Å². The summed E-state index contributed by atoms with van der Waals surface area (Å²) in [6.07, 6.45) is 2.19. The number of nitrogens with zero attached hydrogens (tertiary/aromatic N) is 1. The molecule has 6 heteroatoms. The zero-order valence-electron chi connectivity index (χ0n) is 17.6. The zero-order chi connectivity index (χ0) is 20.9. The molecule has 1 saturated carbocycles. The smallest absolute Gasteiger partial charge is 0.331 e. The van der Waals surface area contributed by atoms with E-state index in [2.05, 4.69) is 26.1 Å². The summed E-state index contributed by atoms with van der Waals surface area (Å²) in [4.78, 5) is 39.2. The van der Waals surface area contributed by atoms with Gasteiger partial charge in [-0.2, -0.15) is 0 Å². The molecule has 1 N–H and O–H groups in total. The second kappa shape index (κ2) is 6.90. The summed E-state index contributed by atoms with van der Waals surface area (Å²) in [7, 11) is 0. The number of imide groups is 1. The highest BCUT2D eigenvalue weighted by molar-refractivity contribution is 6.08. The molecule has 1 spiro atoms. The van der Waals surface area contributed by atoms with E-state index in [1.54, 1.807) is 0 Å². The van der Waals surface area contributed by atoms with E-state index in [-0.39, 0.29) is 17.9 Å². The van der Waals surface area contributed by atoms with Crippen LogP contribution in [0.15, 0.2) is 12.1 Å². The van der Waals surface area contributed by atoms with Crippen LogP contribution in [-0.2, 0) is 9.59 Å². The highest BCUT2D eigenvalue weighted by atomic mass is 16.5. The first-order valence-corrected chi connectivity index (χ1v) is 9.86. The van der Waals surface area contributed by atoms with Crippen LogP contribution in [0, 0.1) is 32.1 Å². The van der Waals surface area contributed by atoms with Gasteiger partial charge in [0.05, 0.1) is 0 Å². The number of carbonyl (C=O) groups is 3. The lowest BCUT2D eigenvalue weighted by molar-refractivity contribution is -0.142. The molecule has 1 aliphatic heterocycles. The zero-order valence-corrected chi connectivity index (χ0v) is 17.6. The third kappa shape index (κ3) is 3.64. The molecule has 28 heavy (non-hydrogen) atoms. The molecule has 0 bridgehead atoms. The van der Waals surface area contributed by atoms with Crippen LogP contribution in [0.2, 0.25) is 0 Å². The number of urea groups is 1. The molecule has 6 nitrogen and oxygen atoms in total. The maximum absolute atomic E-state index is 13.1. The van der Waals surface area contributed by atoms with Crippen LogP contribution >= 0.6 is 0 Å². The fraction of sp³-hybridized carbons (Fsp3) is 0.591. The van der Waals surface area contributed by atoms with Crippen LogP contribution < -0.4 is 10.1 Å². The Balaban J connectivity index is 1.77. The molecule has 1 aromatic rings. The first kappa shape index (κ1) is 20.4. The molecule has 1 aliphatic carbocycles. The molecule has 0 radical (unpaired) electrons. The Morgan fingerprint density at radius 3 is 2.46 bits per heavy atom.